The number of aryl methyl sites for hydroxylation is 1. The number of carbonyl (C=O) groups excluding carboxylic acids is 1. The average Bonchev–Trinajstić information content (AvgIpc) is 3.37. The molecule has 0 unspecified atom stereocenters. The van der Waals surface area contributed by atoms with Gasteiger partial charge in [0.25, 0.3) is 5.91 Å². The average molecular weight is 428 g/mol. The van der Waals surface area contributed by atoms with Crippen molar-refractivity contribution in [3.8, 4) is 17.6 Å². The van der Waals surface area contributed by atoms with Crippen molar-refractivity contribution in [2.24, 2.45) is 7.05 Å². The molecule has 7 heteroatoms. The van der Waals surface area contributed by atoms with Crippen LogP contribution < -0.4 is 10.1 Å². The molecule has 6 nitrogen and oxygen atoms in total. The SMILES string of the molecule is COC[C@H](C)Oc1cc(C#CCSC2CCCC2)cc(C(=O)Nc2ccn(C)n2)c1. The summed E-state index contributed by atoms with van der Waals surface area (Å²) in [4.78, 5) is 12.8. The maximum atomic E-state index is 12.8. The second-order valence-corrected chi connectivity index (χ2v) is 8.77. The van der Waals surface area contributed by atoms with Crippen molar-refractivity contribution in [2.75, 3.05) is 24.8 Å². The predicted octanol–water partition coefficient (Wildman–Crippen LogP) is 4.11. The zero-order valence-electron chi connectivity index (χ0n) is 17.8. The number of amides is 1. The Morgan fingerprint density at radius 2 is 2.17 bits per heavy atom. The lowest BCUT2D eigenvalue weighted by atomic mass is 10.1. The van der Waals surface area contributed by atoms with Gasteiger partial charge in [-0.3, -0.25) is 9.48 Å². The first kappa shape index (κ1) is 22.3. The van der Waals surface area contributed by atoms with Gasteiger partial charge in [0.1, 0.15) is 11.9 Å². The maximum absolute atomic E-state index is 12.8. The van der Waals surface area contributed by atoms with E-state index in [0.717, 1.165) is 16.6 Å². The van der Waals surface area contributed by atoms with Crippen molar-refractivity contribution in [2.45, 2.75) is 44.0 Å². The van der Waals surface area contributed by atoms with Crippen molar-refractivity contribution < 1.29 is 14.3 Å². The number of anilines is 1. The summed E-state index contributed by atoms with van der Waals surface area (Å²) in [5.41, 5.74) is 1.24. The first-order chi connectivity index (χ1) is 14.5. The molecule has 1 heterocycles. The van der Waals surface area contributed by atoms with Crippen LogP contribution in [0.5, 0.6) is 5.75 Å². The molecule has 1 aliphatic rings. The number of hydrogen-bond acceptors (Lipinski definition) is 5. The molecule has 0 bridgehead atoms. The molecule has 1 aliphatic carbocycles. The molecule has 1 aromatic heterocycles. The van der Waals surface area contributed by atoms with Crippen LogP contribution in [0.1, 0.15) is 48.5 Å². The van der Waals surface area contributed by atoms with Gasteiger partial charge in [0.2, 0.25) is 0 Å². The molecule has 1 aromatic carbocycles. The number of hydrogen-bond donors (Lipinski definition) is 1. The fraction of sp³-hybridized carbons (Fsp3) is 0.478. The van der Waals surface area contributed by atoms with Gasteiger partial charge in [-0.05, 0) is 38.0 Å². The van der Waals surface area contributed by atoms with E-state index in [0.29, 0.717) is 23.7 Å². The Hall–Kier alpha value is -2.43. The third kappa shape index (κ3) is 6.82. The van der Waals surface area contributed by atoms with E-state index in [4.69, 9.17) is 9.47 Å². The van der Waals surface area contributed by atoms with E-state index in [9.17, 15) is 4.79 Å². The summed E-state index contributed by atoms with van der Waals surface area (Å²) < 4.78 is 12.7. The van der Waals surface area contributed by atoms with Crippen molar-refractivity contribution in [1.82, 2.24) is 9.78 Å². The quantitative estimate of drug-likeness (QED) is 0.642. The minimum Gasteiger partial charge on any atom is -0.488 e. The van der Waals surface area contributed by atoms with Crippen LogP contribution in [0.3, 0.4) is 0 Å². The molecule has 1 N–H and O–H groups in total. The lowest BCUT2D eigenvalue weighted by Crippen LogP contribution is -2.19. The number of ether oxygens (including phenoxy) is 2. The fourth-order valence-corrected chi connectivity index (χ4v) is 4.45. The van der Waals surface area contributed by atoms with E-state index >= 15 is 0 Å². The molecule has 0 aliphatic heterocycles. The Balaban J connectivity index is 1.74. The molecule has 0 spiro atoms. The molecule has 1 amide bonds. The molecule has 2 aromatic rings. The van der Waals surface area contributed by atoms with Crippen molar-refractivity contribution >= 4 is 23.5 Å². The van der Waals surface area contributed by atoms with Crippen molar-refractivity contribution in [3.63, 3.8) is 0 Å². The highest BCUT2D eigenvalue weighted by Crippen LogP contribution is 2.29. The third-order valence-corrected chi connectivity index (χ3v) is 6.04. The largest absolute Gasteiger partial charge is 0.488 e. The van der Waals surface area contributed by atoms with E-state index < -0.39 is 0 Å². The summed E-state index contributed by atoms with van der Waals surface area (Å²) >= 11 is 1.93. The first-order valence-electron chi connectivity index (χ1n) is 10.3. The number of nitrogens with one attached hydrogen (secondary N) is 1. The summed E-state index contributed by atoms with van der Waals surface area (Å²) in [6.07, 6.45) is 6.90. The van der Waals surface area contributed by atoms with Gasteiger partial charge in [-0.2, -0.15) is 5.10 Å². The van der Waals surface area contributed by atoms with Crippen LogP contribution >= 0.6 is 11.8 Å². The Kier molecular flexibility index (Phi) is 8.23. The van der Waals surface area contributed by atoms with Crippen LogP contribution in [-0.4, -0.2) is 46.5 Å². The molecule has 160 valence electrons. The van der Waals surface area contributed by atoms with Gasteiger partial charge in [0, 0.05) is 42.8 Å². The normalized spacial score (nSPS) is 14.8. The van der Waals surface area contributed by atoms with Crippen LogP contribution in [0.2, 0.25) is 0 Å². The highest BCUT2D eigenvalue weighted by Gasteiger charge is 2.14. The molecular weight excluding hydrogens is 398 g/mol. The number of rotatable bonds is 8. The summed E-state index contributed by atoms with van der Waals surface area (Å²) in [6, 6.07) is 7.14. The van der Waals surface area contributed by atoms with Crippen LogP contribution in [0.15, 0.2) is 30.5 Å². The third-order valence-electron chi connectivity index (χ3n) is 4.79. The highest BCUT2D eigenvalue weighted by atomic mass is 32.2. The molecule has 1 fully saturated rings. The molecular formula is C23H29N3O3S. The Bertz CT molecular complexity index is 910. The smallest absolute Gasteiger partial charge is 0.257 e. The summed E-state index contributed by atoms with van der Waals surface area (Å²) in [6.45, 7) is 2.39. The van der Waals surface area contributed by atoms with E-state index in [1.54, 1.807) is 43.2 Å². The summed E-state index contributed by atoms with van der Waals surface area (Å²) in [5.74, 6) is 8.08. The fourth-order valence-electron chi connectivity index (χ4n) is 3.39. The van der Waals surface area contributed by atoms with E-state index in [-0.39, 0.29) is 12.0 Å². The van der Waals surface area contributed by atoms with Crippen LogP contribution in [0.25, 0.3) is 0 Å². The maximum Gasteiger partial charge on any atom is 0.257 e. The van der Waals surface area contributed by atoms with Gasteiger partial charge >= 0.3 is 0 Å². The summed E-state index contributed by atoms with van der Waals surface area (Å²) in [5, 5.41) is 7.75. The number of methoxy groups -OCH3 is 1. The molecule has 1 saturated carbocycles. The van der Waals surface area contributed by atoms with Crippen LogP contribution in [-0.2, 0) is 11.8 Å². The van der Waals surface area contributed by atoms with Gasteiger partial charge < -0.3 is 14.8 Å². The lowest BCUT2D eigenvalue weighted by molar-refractivity contribution is 0.0917. The van der Waals surface area contributed by atoms with Gasteiger partial charge in [-0.1, -0.05) is 24.7 Å². The predicted molar refractivity (Wildman–Crippen MR) is 121 cm³/mol. The number of nitrogens with zero attached hydrogens (tertiary/aromatic N) is 2. The van der Waals surface area contributed by atoms with E-state index in [1.165, 1.54) is 25.7 Å². The van der Waals surface area contributed by atoms with Crippen LogP contribution in [0.4, 0.5) is 5.82 Å². The van der Waals surface area contributed by atoms with Gasteiger partial charge in [-0.25, -0.2) is 0 Å². The van der Waals surface area contributed by atoms with Crippen molar-refractivity contribution in [1.29, 1.82) is 0 Å². The standard InChI is InChI=1S/C23H29N3O3S/c1-17(16-28-3)29-20-14-18(7-6-12-30-21-8-4-5-9-21)13-19(15-20)23(27)24-22-10-11-26(2)25-22/h10-11,13-15,17,21H,4-5,8-9,12,16H2,1-3H3,(H,24,25,27)/t17-/m0/s1. The zero-order chi connectivity index (χ0) is 21.3. The second kappa shape index (κ2) is 11.1. The van der Waals surface area contributed by atoms with Crippen molar-refractivity contribution in [3.05, 3.63) is 41.6 Å². The van der Waals surface area contributed by atoms with Gasteiger partial charge in [-0.15, -0.1) is 11.8 Å². The van der Waals surface area contributed by atoms with Gasteiger partial charge in [0.05, 0.1) is 12.4 Å². The molecule has 1 atom stereocenters. The van der Waals surface area contributed by atoms with Gasteiger partial charge in [0.15, 0.2) is 5.82 Å². The monoisotopic (exact) mass is 427 g/mol. The Labute approximate surface area is 182 Å². The summed E-state index contributed by atoms with van der Waals surface area (Å²) in [7, 11) is 3.44. The van der Waals surface area contributed by atoms with E-state index in [2.05, 4.69) is 22.3 Å². The lowest BCUT2D eigenvalue weighted by Gasteiger charge is -2.15. The zero-order valence-corrected chi connectivity index (χ0v) is 18.6. The molecule has 0 radical (unpaired) electrons. The highest BCUT2D eigenvalue weighted by molar-refractivity contribution is 8.00. The number of carbonyl (C=O) groups is 1. The number of thioether (sulfide) groups is 1. The molecule has 30 heavy (non-hydrogen) atoms. The number of benzene rings is 1. The van der Waals surface area contributed by atoms with E-state index in [1.807, 2.05) is 24.8 Å². The minimum absolute atomic E-state index is 0.136. The molecule has 0 saturated heterocycles. The number of aromatic nitrogens is 2. The Morgan fingerprint density at radius 1 is 1.37 bits per heavy atom. The molecule has 3 rings (SSSR count). The second-order valence-electron chi connectivity index (χ2n) is 7.48. The first-order valence-corrected chi connectivity index (χ1v) is 11.3. The minimum atomic E-state index is -0.248. The van der Waals surface area contributed by atoms with Crippen LogP contribution in [0, 0.1) is 11.8 Å². The topological polar surface area (TPSA) is 65.4 Å². The Morgan fingerprint density at radius 3 is 2.87 bits per heavy atom.